The molecule has 0 bridgehead atoms. The second-order valence-electron chi connectivity index (χ2n) is 5.94. The largest absolute Gasteiger partial charge is 0.398 e. The average molecular weight is 287 g/mol. The highest BCUT2D eigenvalue weighted by atomic mass is 14.6. The molecule has 22 heavy (non-hydrogen) atoms. The van der Waals surface area contributed by atoms with Gasteiger partial charge in [0.25, 0.3) is 0 Å². The molecule has 0 fully saturated rings. The summed E-state index contributed by atoms with van der Waals surface area (Å²) in [5.74, 6) is 0.434. The first-order chi connectivity index (χ1) is 10.6. The summed E-state index contributed by atoms with van der Waals surface area (Å²) in [4.78, 5) is 0. The summed E-state index contributed by atoms with van der Waals surface area (Å²) < 4.78 is 0. The van der Waals surface area contributed by atoms with E-state index in [2.05, 4.69) is 74.5 Å². The third kappa shape index (κ3) is 2.89. The lowest BCUT2D eigenvalue weighted by molar-refractivity contribution is 0.870. The maximum atomic E-state index is 6.07. The van der Waals surface area contributed by atoms with Crippen LogP contribution < -0.4 is 5.73 Å². The minimum Gasteiger partial charge on any atom is -0.398 e. The average Bonchev–Trinajstić information content (AvgIpc) is 2.56. The van der Waals surface area contributed by atoms with Crippen LogP contribution in [0.1, 0.15) is 25.3 Å². The van der Waals surface area contributed by atoms with Crippen LogP contribution in [-0.2, 0) is 0 Å². The molecule has 0 radical (unpaired) electrons. The molecule has 0 amide bonds. The van der Waals surface area contributed by atoms with Crippen LogP contribution in [0.25, 0.3) is 22.3 Å². The van der Waals surface area contributed by atoms with Gasteiger partial charge in [-0.25, -0.2) is 0 Å². The molecule has 0 spiro atoms. The highest BCUT2D eigenvalue weighted by Crippen LogP contribution is 2.30. The van der Waals surface area contributed by atoms with Gasteiger partial charge in [-0.1, -0.05) is 74.5 Å². The summed E-state index contributed by atoms with van der Waals surface area (Å²) in [6.45, 7) is 4.35. The first kappa shape index (κ1) is 14.4. The fraction of sp³-hybridized carbons (Fsp3) is 0.143. The Morgan fingerprint density at radius 3 is 1.73 bits per heavy atom. The van der Waals surface area contributed by atoms with Gasteiger partial charge >= 0.3 is 0 Å². The molecule has 2 N–H and O–H groups in total. The molecule has 0 aromatic heterocycles. The fourth-order valence-corrected chi connectivity index (χ4v) is 2.74. The molecule has 0 atom stereocenters. The molecule has 0 aliphatic heterocycles. The third-order valence-corrected chi connectivity index (χ3v) is 4.03. The van der Waals surface area contributed by atoms with Crippen molar-refractivity contribution in [2.24, 2.45) is 0 Å². The van der Waals surface area contributed by atoms with Gasteiger partial charge in [-0.05, 0) is 45.9 Å². The van der Waals surface area contributed by atoms with Crippen LogP contribution in [0.3, 0.4) is 0 Å². The summed E-state index contributed by atoms with van der Waals surface area (Å²) >= 11 is 0. The van der Waals surface area contributed by atoms with Crippen molar-refractivity contribution in [1.82, 2.24) is 0 Å². The molecule has 0 heterocycles. The van der Waals surface area contributed by atoms with E-state index in [1.807, 2.05) is 12.1 Å². The van der Waals surface area contributed by atoms with Crippen LogP contribution in [0, 0.1) is 0 Å². The number of anilines is 1. The van der Waals surface area contributed by atoms with Crippen molar-refractivity contribution in [2.75, 3.05) is 5.73 Å². The van der Waals surface area contributed by atoms with Crippen molar-refractivity contribution in [1.29, 1.82) is 0 Å². The number of nitrogen functional groups attached to an aromatic ring is 1. The highest BCUT2D eigenvalue weighted by Gasteiger charge is 2.07. The monoisotopic (exact) mass is 287 g/mol. The smallest absolute Gasteiger partial charge is 0.0349 e. The van der Waals surface area contributed by atoms with Crippen molar-refractivity contribution in [3.8, 4) is 22.3 Å². The summed E-state index contributed by atoms with van der Waals surface area (Å²) in [7, 11) is 0. The van der Waals surface area contributed by atoms with Gasteiger partial charge in [-0.2, -0.15) is 0 Å². The first-order valence-electron chi connectivity index (χ1n) is 7.70. The van der Waals surface area contributed by atoms with E-state index in [9.17, 15) is 0 Å². The number of hydrogen-bond acceptors (Lipinski definition) is 1. The molecule has 3 rings (SSSR count). The number of hydrogen-bond donors (Lipinski definition) is 1. The summed E-state index contributed by atoms with van der Waals surface area (Å²) in [6.07, 6.45) is 0. The van der Waals surface area contributed by atoms with Crippen molar-refractivity contribution in [3.63, 3.8) is 0 Å². The molecule has 3 aromatic carbocycles. The lowest BCUT2D eigenvalue weighted by Crippen LogP contribution is -1.96. The zero-order valence-corrected chi connectivity index (χ0v) is 13.1. The first-order valence-corrected chi connectivity index (χ1v) is 7.70. The summed E-state index contributed by atoms with van der Waals surface area (Å²) in [5, 5.41) is 0. The third-order valence-electron chi connectivity index (χ3n) is 4.03. The molecule has 1 heteroatoms. The Bertz CT molecular complexity index is 756. The SMILES string of the molecule is CC(C)c1cc(-c2ccc(-c3ccccc3)cc2)ccc1N. The lowest BCUT2D eigenvalue weighted by Gasteiger charge is -2.12. The molecule has 1 nitrogen and oxygen atoms in total. The molecule has 0 aliphatic carbocycles. The van der Waals surface area contributed by atoms with Gasteiger partial charge in [0.15, 0.2) is 0 Å². The summed E-state index contributed by atoms with van der Waals surface area (Å²) in [6, 6.07) is 25.5. The van der Waals surface area contributed by atoms with Crippen LogP contribution in [0.4, 0.5) is 5.69 Å². The molecule has 0 saturated carbocycles. The van der Waals surface area contributed by atoms with Crippen molar-refractivity contribution >= 4 is 5.69 Å². The topological polar surface area (TPSA) is 26.0 Å². The highest BCUT2D eigenvalue weighted by molar-refractivity contribution is 5.72. The molecule has 0 unspecified atom stereocenters. The predicted molar refractivity (Wildman–Crippen MR) is 95.8 cm³/mol. The maximum Gasteiger partial charge on any atom is 0.0349 e. The zero-order chi connectivity index (χ0) is 15.5. The molecule has 110 valence electrons. The van der Waals surface area contributed by atoms with Gasteiger partial charge in [0.2, 0.25) is 0 Å². The van der Waals surface area contributed by atoms with Gasteiger partial charge in [-0.3, -0.25) is 0 Å². The number of nitrogens with two attached hydrogens (primary N) is 1. The van der Waals surface area contributed by atoms with Crippen LogP contribution in [0.5, 0.6) is 0 Å². The fourth-order valence-electron chi connectivity index (χ4n) is 2.74. The predicted octanol–water partition coefficient (Wildman–Crippen LogP) is 5.73. The van der Waals surface area contributed by atoms with E-state index in [1.54, 1.807) is 0 Å². The molecule has 0 aliphatic rings. The lowest BCUT2D eigenvalue weighted by atomic mass is 9.95. The minimum atomic E-state index is 0.434. The van der Waals surface area contributed by atoms with Crippen LogP contribution in [-0.4, -0.2) is 0 Å². The van der Waals surface area contributed by atoms with E-state index in [-0.39, 0.29) is 0 Å². The standard InChI is InChI=1S/C21H21N/c1-15(2)20-14-19(12-13-21(20)22)18-10-8-17(9-11-18)16-6-4-3-5-7-16/h3-15H,22H2,1-2H3. The Morgan fingerprint density at radius 1 is 0.636 bits per heavy atom. The quantitative estimate of drug-likeness (QED) is 0.612. The van der Waals surface area contributed by atoms with Gasteiger partial charge in [-0.15, -0.1) is 0 Å². The van der Waals surface area contributed by atoms with E-state index in [0.29, 0.717) is 5.92 Å². The molecular weight excluding hydrogens is 266 g/mol. The Kier molecular flexibility index (Phi) is 3.97. The normalized spacial score (nSPS) is 10.9. The van der Waals surface area contributed by atoms with Gasteiger partial charge in [0, 0.05) is 5.69 Å². The van der Waals surface area contributed by atoms with Gasteiger partial charge < -0.3 is 5.73 Å². The Balaban J connectivity index is 1.95. The Hall–Kier alpha value is -2.54. The van der Waals surface area contributed by atoms with Crippen molar-refractivity contribution in [2.45, 2.75) is 19.8 Å². The van der Waals surface area contributed by atoms with Crippen molar-refractivity contribution < 1.29 is 0 Å². The van der Waals surface area contributed by atoms with Crippen LogP contribution >= 0.6 is 0 Å². The van der Waals surface area contributed by atoms with Crippen LogP contribution in [0.2, 0.25) is 0 Å². The number of rotatable bonds is 3. The molecule has 0 saturated heterocycles. The summed E-state index contributed by atoms with van der Waals surface area (Å²) in [5.41, 5.74) is 13.1. The van der Waals surface area contributed by atoms with E-state index in [4.69, 9.17) is 5.73 Å². The zero-order valence-electron chi connectivity index (χ0n) is 13.1. The second kappa shape index (κ2) is 6.07. The van der Waals surface area contributed by atoms with Crippen molar-refractivity contribution in [3.05, 3.63) is 78.4 Å². The van der Waals surface area contributed by atoms with E-state index < -0.39 is 0 Å². The Morgan fingerprint density at radius 2 is 1.14 bits per heavy atom. The van der Waals surface area contributed by atoms with E-state index in [1.165, 1.54) is 27.8 Å². The van der Waals surface area contributed by atoms with E-state index >= 15 is 0 Å². The second-order valence-corrected chi connectivity index (χ2v) is 5.94. The van der Waals surface area contributed by atoms with E-state index in [0.717, 1.165) is 5.69 Å². The Labute approximate surface area is 132 Å². The minimum absolute atomic E-state index is 0.434. The van der Waals surface area contributed by atoms with Crippen LogP contribution in [0.15, 0.2) is 72.8 Å². The molecular formula is C21H21N. The van der Waals surface area contributed by atoms with Gasteiger partial charge in [0.05, 0.1) is 0 Å². The maximum absolute atomic E-state index is 6.07. The number of benzene rings is 3. The van der Waals surface area contributed by atoms with Gasteiger partial charge in [0.1, 0.15) is 0 Å². The molecule has 3 aromatic rings.